The van der Waals surface area contributed by atoms with Crippen LogP contribution in [0.4, 0.5) is 0 Å². The summed E-state index contributed by atoms with van der Waals surface area (Å²) in [6.45, 7) is 0. The Hall–Kier alpha value is -7.50. The van der Waals surface area contributed by atoms with Gasteiger partial charge in [-0.05, 0) is 63.2 Å². The number of nitrogens with zero attached hydrogens (tertiary/aromatic N) is 4. The van der Waals surface area contributed by atoms with E-state index in [4.69, 9.17) is 19.7 Å². The lowest BCUT2D eigenvalue weighted by Gasteiger charge is -2.39. The second kappa shape index (κ2) is 12.8. The SMILES string of the molecule is c1ccc(-c2nc(-c3ccccc3)nc(-c3cccc(-c4ccc5c(c4)Oc4cc(-c6cccnc6)ccc4C54c5ccccc5-c5ccccc54)c3)n2)cc1. The minimum absolute atomic E-state index is 0.559. The standard InChI is InChI=1S/C51H32N4O/c1-3-13-33(14-4-1)48-53-49(34-15-5-2-6-16-34)55-50(54-48)38-18-11-17-35(29-38)36-24-26-44-46(30-36)56-47-31-37(39-19-12-28-52-32-39)25-27-45(47)51(44)42-22-9-7-20-40(42)41-21-8-10-23-43(41)51/h1-32H. The third-order valence-electron chi connectivity index (χ3n) is 11.1. The smallest absolute Gasteiger partial charge is 0.164 e. The van der Waals surface area contributed by atoms with Crippen LogP contribution in [0.5, 0.6) is 11.5 Å². The third-order valence-corrected chi connectivity index (χ3v) is 11.1. The van der Waals surface area contributed by atoms with Crippen molar-refractivity contribution in [2.24, 2.45) is 0 Å². The quantitative estimate of drug-likeness (QED) is 0.177. The molecule has 11 rings (SSSR count). The van der Waals surface area contributed by atoms with Crippen molar-refractivity contribution in [1.29, 1.82) is 0 Å². The van der Waals surface area contributed by atoms with E-state index in [9.17, 15) is 0 Å². The van der Waals surface area contributed by atoms with Gasteiger partial charge in [-0.2, -0.15) is 0 Å². The van der Waals surface area contributed by atoms with Crippen LogP contribution in [-0.4, -0.2) is 19.9 Å². The summed E-state index contributed by atoms with van der Waals surface area (Å²) in [7, 11) is 0. The molecule has 1 aliphatic carbocycles. The van der Waals surface area contributed by atoms with Crippen molar-refractivity contribution in [3.05, 3.63) is 217 Å². The zero-order valence-corrected chi connectivity index (χ0v) is 30.2. The van der Waals surface area contributed by atoms with Crippen molar-refractivity contribution in [2.75, 3.05) is 0 Å². The highest BCUT2D eigenvalue weighted by molar-refractivity contribution is 5.89. The Morgan fingerprint density at radius 3 is 1.38 bits per heavy atom. The first kappa shape index (κ1) is 32.0. The molecule has 2 aromatic heterocycles. The summed E-state index contributed by atoms with van der Waals surface area (Å²) in [6.07, 6.45) is 3.70. The van der Waals surface area contributed by atoms with Gasteiger partial charge in [0.1, 0.15) is 11.5 Å². The summed E-state index contributed by atoms with van der Waals surface area (Å²) >= 11 is 0. The number of aromatic nitrogens is 4. The Labute approximate surface area is 324 Å². The highest BCUT2D eigenvalue weighted by atomic mass is 16.5. The number of fused-ring (bicyclic) bond motifs is 9. The van der Waals surface area contributed by atoms with Gasteiger partial charge < -0.3 is 4.74 Å². The van der Waals surface area contributed by atoms with Crippen LogP contribution in [-0.2, 0) is 5.41 Å². The number of pyridine rings is 1. The molecular formula is C51H32N4O. The first-order valence-electron chi connectivity index (χ1n) is 18.8. The second-order valence-electron chi connectivity index (χ2n) is 14.2. The van der Waals surface area contributed by atoms with Crippen molar-refractivity contribution >= 4 is 0 Å². The normalized spacial score (nSPS) is 12.9. The number of hydrogen-bond donors (Lipinski definition) is 0. The first-order chi connectivity index (χ1) is 27.7. The molecule has 0 saturated heterocycles. The summed E-state index contributed by atoms with van der Waals surface area (Å²) in [5, 5.41) is 0. The van der Waals surface area contributed by atoms with E-state index in [1.165, 1.54) is 22.3 Å². The lowest BCUT2D eigenvalue weighted by atomic mass is 9.65. The van der Waals surface area contributed by atoms with Gasteiger partial charge >= 0.3 is 0 Å². The van der Waals surface area contributed by atoms with E-state index >= 15 is 0 Å². The predicted octanol–water partition coefficient (Wildman–Crippen LogP) is 12.1. The molecule has 0 amide bonds. The van der Waals surface area contributed by atoms with Crippen LogP contribution in [0.2, 0.25) is 0 Å². The number of benzene rings is 7. The molecule has 0 unspecified atom stereocenters. The molecule has 0 bridgehead atoms. The van der Waals surface area contributed by atoms with Gasteiger partial charge in [-0.1, -0.05) is 158 Å². The van der Waals surface area contributed by atoms with E-state index < -0.39 is 5.41 Å². The highest BCUT2D eigenvalue weighted by Crippen LogP contribution is 2.62. The topological polar surface area (TPSA) is 60.8 Å². The second-order valence-corrected chi connectivity index (χ2v) is 14.2. The minimum Gasteiger partial charge on any atom is -0.457 e. The Kier molecular flexibility index (Phi) is 7.32. The maximum atomic E-state index is 7.01. The van der Waals surface area contributed by atoms with E-state index in [0.717, 1.165) is 61.6 Å². The van der Waals surface area contributed by atoms with Crippen molar-refractivity contribution in [2.45, 2.75) is 5.41 Å². The van der Waals surface area contributed by atoms with E-state index in [0.29, 0.717) is 17.5 Å². The number of rotatable bonds is 5. The van der Waals surface area contributed by atoms with Crippen LogP contribution < -0.4 is 4.74 Å². The van der Waals surface area contributed by atoms with Crippen molar-refractivity contribution < 1.29 is 4.74 Å². The monoisotopic (exact) mass is 716 g/mol. The Bertz CT molecular complexity index is 2840. The van der Waals surface area contributed by atoms with Gasteiger partial charge in [-0.3, -0.25) is 4.98 Å². The Morgan fingerprint density at radius 2 is 0.804 bits per heavy atom. The van der Waals surface area contributed by atoms with E-state index in [1.807, 2.05) is 72.9 Å². The molecule has 1 aliphatic heterocycles. The lowest BCUT2D eigenvalue weighted by molar-refractivity contribution is 0.437. The minimum atomic E-state index is -0.559. The number of hydrogen-bond acceptors (Lipinski definition) is 5. The Balaban J connectivity index is 1.08. The van der Waals surface area contributed by atoms with E-state index in [2.05, 4.69) is 120 Å². The fourth-order valence-corrected chi connectivity index (χ4v) is 8.58. The predicted molar refractivity (Wildman–Crippen MR) is 222 cm³/mol. The van der Waals surface area contributed by atoms with E-state index in [1.54, 1.807) is 6.20 Å². The fourth-order valence-electron chi connectivity index (χ4n) is 8.58. The third kappa shape index (κ3) is 5.02. The molecule has 7 aromatic carbocycles. The molecule has 5 heteroatoms. The van der Waals surface area contributed by atoms with Gasteiger partial charge in [0.25, 0.3) is 0 Å². The summed E-state index contributed by atoms with van der Waals surface area (Å²) in [6, 6.07) is 63.5. The van der Waals surface area contributed by atoms with Crippen LogP contribution in [0.1, 0.15) is 22.3 Å². The summed E-state index contributed by atoms with van der Waals surface area (Å²) in [5.74, 6) is 3.54. The van der Waals surface area contributed by atoms with E-state index in [-0.39, 0.29) is 0 Å². The van der Waals surface area contributed by atoms with Crippen LogP contribution in [0.25, 0.3) is 67.5 Å². The molecule has 1 spiro atoms. The summed E-state index contributed by atoms with van der Waals surface area (Å²) in [4.78, 5) is 19.3. The molecule has 0 fully saturated rings. The molecule has 2 aliphatic rings. The van der Waals surface area contributed by atoms with Gasteiger partial charge in [0.15, 0.2) is 17.5 Å². The molecule has 5 nitrogen and oxygen atoms in total. The van der Waals surface area contributed by atoms with Gasteiger partial charge in [0.05, 0.1) is 5.41 Å². The maximum absolute atomic E-state index is 7.01. The summed E-state index contributed by atoms with van der Waals surface area (Å²) in [5.41, 5.74) is 13.6. The average molecular weight is 717 g/mol. The first-order valence-corrected chi connectivity index (χ1v) is 18.8. The molecule has 9 aromatic rings. The van der Waals surface area contributed by atoms with Gasteiger partial charge in [-0.25, -0.2) is 15.0 Å². The molecule has 0 N–H and O–H groups in total. The van der Waals surface area contributed by atoms with Crippen molar-refractivity contribution in [1.82, 2.24) is 19.9 Å². The molecule has 3 heterocycles. The number of ether oxygens (including phenoxy) is 1. The van der Waals surface area contributed by atoms with Gasteiger partial charge in [0.2, 0.25) is 0 Å². The van der Waals surface area contributed by atoms with Crippen LogP contribution in [0.15, 0.2) is 194 Å². The van der Waals surface area contributed by atoms with Crippen LogP contribution in [0, 0.1) is 0 Å². The molecule has 56 heavy (non-hydrogen) atoms. The zero-order valence-electron chi connectivity index (χ0n) is 30.2. The van der Waals surface area contributed by atoms with Crippen molar-refractivity contribution in [3.8, 4) is 79.0 Å². The summed E-state index contributed by atoms with van der Waals surface area (Å²) < 4.78 is 7.01. The average Bonchev–Trinajstić information content (AvgIpc) is 3.57. The molecule has 0 atom stereocenters. The molecular weight excluding hydrogens is 685 g/mol. The molecule has 262 valence electrons. The highest BCUT2D eigenvalue weighted by Gasteiger charge is 2.51. The fraction of sp³-hybridized carbons (Fsp3) is 0.0196. The van der Waals surface area contributed by atoms with Crippen LogP contribution >= 0.6 is 0 Å². The van der Waals surface area contributed by atoms with Gasteiger partial charge in [-0.15, -0.1) is 0 Å². The Morgan fingerprint density at radius 1 is 0.339 bits per heavy atom. The van der Waals surface area contributed by atoms with Crippen LogP contribution in [0.3, 0.4) is 0 Å². The molecule has 0 radical (unpaired) electrons. The lowest BCUT2D eigenvalue weighted by Crippen LogP contribution is -2.32. The zero-order chi connectivity index (χ0) is 37.1. The maximum Gasteiger partial charge on any atom is 0.164 e. The van der Waals surface area contributed by atoms with Gasteiger partial charge in [0, 0.05) is 45.8 Å². The molecule has 0 saturated carbocycles. The largest absolute Gasteiger partial charge is 0.457 e. The van der Waals surface area contributed by atoms with Crippen molar-refractivity contribution in [3.63, 3.8) is 0 Å².